The first-order valence-electron chi connectivity index (χ1n) is 9.29. The van der Waals surface area contributed by atoms with Gasteiger partial charge in [0.2, 0.25) is 0 Å². The Bertz CT molecular complexity index is 1000. The fraction of sp³-hybridized carbons (Fsp3) is 0.217. The molecule has 150 valence electrons. The number of rotatable bonds is 7. The maximum atomic E-state index is 12.5. The van der Waals surface area contributed by atoms with Gasteiger partial charge in [-0.25, -0.2) is 4.98 Å². The standard InChI is InChI=1S/C23H25N3O3/c1-15-5-8-19(16(2)11-15)26-23(27)20-9-7-18(14-25-20)24-13-17-6-10-21(28-3)22(12-17)29-4/h5-12,14,24H,13H2,1-4H3,(H,26,27). The van der Waals surface area contributed by atoms with E-state index in [1.165, 1.54) is 0 Å². The van der Waals surface area contributed by atoms with Crippen molar-refractivity contribution in [2.24, 2.45) is 0 Å². The molecule has 0 saturated carbocycles. The highest BCUT2D eigenvalue weighted by atomic mass is 16.5. The maximum Gasteiger partial charge on any atom is 0.274 e. The number of carbonyl (C=O) groups is 1. The third kappa shape index (κ3) is 5.04. The number of anilines is 2. The smallest absolute Gasteiger partial charge is 0.274 e. The molecule has 0 aliphatic rings. The first-order valence-corrected chi connectivity index (χ1v) is 9.29. The maximum absolute atomic E-state index is 12.5. The fourth-order valence-electron chi connectivity index (χ4n) is 2.97. The molecule has 1 amide bonds. The van der Waals surface area contributed by atoms with Crippen molar-refractivity contribution in [1.82, 2.24) is 4.98 Å². The molecule has 0 spiro atoms. The second-order valence-electron chi connectivity index (χ2n) is 6.75. The fourth-order valence-corrected chi connectivity index (χ4v) is 2.97. The van der Waals surface area contributed by atoms with E-state index in [0.717, 1.165) is 28.1 Å². The molecule has 6 heteroatoms. The quantitative estimate of drug-likeness (QED) is 0.617. The zero-order valence-electron chi connectivity index (χ0n) is 17.1. The minimum Gasteiger partial charge on any atom is -0.493 e. The molecule has 0 atom stereocenters. The van der Waals surface area contributed by atoms with Crippen LogP contribution in [0.1, 0.15) is 27.2 Å². The number of carbonyl (C=O) groups excluding carboxylic acids is 1. The van der Waals surface area contributed by atoms with Crippen LogP contribution in [0.4, 0.5) is 11.4 Å². The molecular formula is C23H25N3O3. The highest BCUT2D eigenvalue weighted by molar-refractivity contribution is 6.03. The van der Waals surface area contributed by atoms with Crippen LogP contribution >= 0.6 is 0 Å². The summed E-state index contributed by atoms with van der Waals surface area (Å²) in [6.45, 7) is 4.58. The van der Waals surface area contributed by atoms with Crippen LogP contribution in [0, 0.1) is 13.8 Å². The highest BCUT2D eigenvalue weighted by Crippen LogP contribution is 2.27. The van der Waals surface area contributed by atoms with E-state index < -0.39 is 0 Å². The van der Waals surface area contributed by atoms with E-state index in [2.05, 4.69) is 15.6 Å². The summed E-state index contributed by atoms with van der Waals surface area (Å²) in [7, 11) is 3.22. The van der Waals surface area contributed by atoms with Gasteiger partial charge in [0.1, 0.15) is 5.69 Å². The van der Waals surface area contributed by atoms with Crippen molar-refractivity contribution < 1.29 is 14.3 Å². The van der Waals surface area contributed by atoms with E-state index in [1.807, 2.05) is 56.3 Å². The lowest BCUT2D eigenvalue weighted by atomic mass is 10.1. The number of amides is 1. The number of hydrogen-bond donors (Lipinski definition) is 2. The molecule has 0 aliphatic heterocycles. The van der Waals surface area contributed by atoms with Gasteiger partial charge in [-0.3, -0.25) is 4.79 Å². The summed E-state index contributed by atoms with van der Waals surface area (Å²) in [5.74, 6) is 1.14. The van der Waals surface area contributed by atoms with Crippen molar-refractivity contribution in [3.05, 3.63) is 77.1 Å². The van der Waals surface area contributed by atoms with Gasteiger partial charge in [0.15, 0.2) is 11.5 Å². The molecule has 0 saturated heterocycles. The van der Waals surface area contributed by atoms with Crippen molar-refractivity contribution in [2.75, 3.05) is 24.9 Å². The molecule has 3 rings (SSSR count). The third-order valence-corrected chi connectivity index (χ3v) is 4.57. The zero-order valence-corrected chi connectivity index (χ0v) is 17.1. The number of nitrogens with zero attached hydrogens (tertiary/aromatic N) is 1. The number of aromatic nitrogens is 1. The molecule has 0 unspecified atom stereocenters. The summed E-state index contributed by atoms with van der Waals surface area (Å²) >= 11 is 0. The molecule has 29 heavy (non-hydrogen) atoms. The Morgan fingerprint density at radius 1 is 0.966 bits per heavy atom. The molecule has 0 fully saturated rings. The molecular weight excluding hydrogens is 366 g/mol. The molecule has 0 bridgehead atoms. The molecule has 1 heterocycles. The predicted molar refractivity (Wildman–Crippen MR) is 115 cm³/mol. The Labute approximate surface area is 170 Å². The first-order chi connectivity index (χ1) is 14.0. The summed E-state index contributed by atoms with van der Waals surface area (Å²) in [4.78, 5) is 16.7. The summed E-state index contributed by atoms with van der Waals surface area (Å²) in [6.07, 6.45) is 1.65. The lowest BCUT2D eigenvalue weighted by molar-refractivity contribution is 0.102. The van der Waals surface area contributed by atoms with E-state index >= 15 is 0 Å². The van der Waals surface area contributed by atoms with E-state index in [4.69, 9.17) is 9.47 Å². The number of pyridine rings is 1. The van der Waals surface area contributed by atoms with Crippen LogP contribution in [0.15, 0.2) is 54.7 Å². The Balaban J connectivity index is 1.62. The average molecular weight is 391 g/mol. The zero-order chi connectivity index (χ0) is 20.8. The number of benzene rings is 2. The molecule has 1 aromatic heterocycles. The average Bonchev–Trinajstić information content (AvgIpc) is 2.74. The van der Waals surface area contributed by atoms with Gasteiger partial charge in [-0.05, 0) is 55.3 Å². The number of aryl methyl sites for hydroxylation is 2. The van der Waals surface area contributed by atoms with E-state index in [-0.39, 0.29) is 5.91 Å². The van der Waals surface area contributed by atoms with Crippen LogP contribution in [0.5, 0.6) is 11.5 Å². The monoisotopic (exact) mass is 391 g/mol. The number of nitrogens with one attached hydrogen (secondary N) is 2. The van der Waals surface area contributed by atoms with Crippen LogP contribution in [0.2, 0.25) is 0 Å². The van der Waals surface area contributed by atoms with E-state index in [1.54, 1.807) is 26.5 Å². The van der Waals surface area contributed by atoms with Crippen LogP contribution in [-0.2, 0) is 6.54 Å². The van der Waals surface area contributed by atoms with Gasteiger partial charge in [0.25, 0.3) is 5.91 Å². The van der Waals surface area contributed by atoms with Crippen LogP contribution in [0.25, 0.3) is 0 Å². The second-order valence-corrected chi connectivity index (χ2v) is 6.75. The minimum atomic E-state index is -0.233. The number of ether oxygens (including phenoxy) is 2. The first kappa shape index (κ1) is 20.2. The van der Waals surface area contributed by atoms with Gasteiger partial charge in [0, 0.05) is 12.2 Å². The van der Waals surface area contributed by atoms with Gasteiger partial charge in [-0.15, -0.1) is 0 Å². The van der Waals surface area contributed by atoms with Gasteiger partial charge < -0.3 is 20.1 Å². The molecule has 2 N–H and O–H groups in total. The largest absolute Gasteiger partial charge is 0.493 e. The molecule has 3 aromatic rings. The Morgan fingerprint density at radius 2 is 1.76 bits per heavy atom. The molecule has 0 aliphatic carbocycles. The summed E-state index contributed by atoms with van der Waals surface area (Å²) < 4.78 is 10.6. The van der Waals surface area contributed by atoms with Crippen LogP contribution in [0.3, 0.4) is 0 Å². The molecule has 6 nitrogen and oxygen atoms in total. The van der Waals surface area contributed by atoms with Crippen LogP contribution in [-0.4, -0.2) is 25.1 Å². The molecule has 0 radical (unpaired) electrons. The Hall–Kier alpha value is -3.54. The SMILES string of the molecule is COc1ccc(CNc2ccc(C(=O)Nc3ccc(C)cc3C)nc2)cc1OC. The lowest BCUT2D eigenvalue weighted by Gasteiger charge is -2.11. The van der Waals surface area contributed by atoms with Gasteiger partial charge in [0.05, 0.1) is 26.1 Å². The van der Waals surface area contributed by atoms with Crippen molar-refractivity contribution in [3.63, 3.8) is 0 Å². The Morgan fingerprint density at radius 3 is 2.41 bits per heavy atom. The number of methoxy groups -OCH3 is 2. The van der Waals surface area contributed by atoms with Crippen molar-refractivity contribution >= 4 is 17.3 Å². The third-order valence-electron chi connectivity index (χ3n) is 4.57. The van der Waals surface area contributed by atoms with E-state index in [0.29, 0.717) is 23.7 Å². The van der Waals surface area contributed by atoms with Crippen molar-refractivity contribution in [3.8, 4) is 11.5 Å². The van der Waals surface area contributed by atoms with E-state index in [9.17, 15) is 4.79 Å². The molecule has 2 aromatic carbocycles. The normalized spacial score (nSPS) is 10.3. The minimum absolute atomic E-state index is 0.233. The Kier molecular flexibility index (Phi) is 6.34. The summed E-state index contributed by atoms with van der Waals surface area (Å²) in [5, 5.41) is 6.20. The van der Waals surface area contributed by atoms with Crippen molar-refractivity contribution in [1.29, 1.82) is 0 Å². The van der Waals surface area contributed by atoms with Crippen LogP contribution < -0.4 is 20.1 Å². The van der Waals surface area contributed by atoms with Gasteiger partial charge in [-0.1, -0.05) is 23.8 Å². The van der Waals surface area contributed by atoms with Gasteiger partial charge >= 0.3 is 0 Å². The van der Waals surface area contributed by atoms with Gasteiger partial charge in [-0.2, -0.15) is 0 Å². The second kappa shape index (κ2) is 9.10. The number of hydrogen-bond acceptors (Lipinski definition) is 5. The lowest BCUT2D eigenvalue weighted by Crippen LogP contribution is -2.14. The van der Waals surface area contributed by atoms with Crippen molar-refractivity contribution in [2.45, 2.75) is 20.4 Å². The highest BCUT2D eigenvalue weighted by Gasteiger charge is 2.10. The predicted octanol–water partition coefficient (Wildman–Crippen LogP) is 4.58. The summed E-state index contributed by atoms with van der Waals surface area (Å²) in [5.41, 5.74) is 5.19. The topological polar surface area (TPSA) is 72.5 Å². The summed E-state index contributed by atoms with van der Waals surface area (Å²) in [6, 6.07) is 15.2.